The summed E-state index contributed by atoms with van der Waals surface area (Å²) in [4.78, 5) is 6.87. The Labute approximate surface area is 142 Å². The van der Waals surface area contributed by atoms with Gasteiger partial charge in [0, 0.05) is 33.2 Å². The van der Waals surface area contributed by atoms with Gasteiger partial charge in [0.25, 0.3) is 0 Å². The van der Waals surface area contributed by atoms with Gasteiger partial charge in [-0.1, -0.05) is 19.8 Å². The number of ether oxygens (including phenoxy) is 1. The summed E-state index contributed by atoms with van der Waals surface area (Å²) in [5, 5.41) is 7.02. The number of unbranched alkanes of at least 4 members (excludes halogenated alkanes) is 1. The molecule has 134 valence electrons. The molecule has 0 aromatic heterocycles. The Balaban J connectivity index is 1.56. The first-order chi connectivity index (χ1) is 11.3. The van der Waals surface area contributed by atoms with E-state index in [4.69, 9.17) is 4.74 Å². The Kier molecular flexibility index (Phi) is 8.17. The minimum Gasteiger partial charge on any atom is -0.379 e. The molecule has 1 saturated heterocycles. The molecule has 0 spiro atoms. The van der Waals surface area contributed by atoms with Crippen molar-refractivity contribution >= 4 is 5.96 Å². The van der Waals surface area contributed by atoms with Crippen LogP contribution in [0.1, 0.15) is 51.9 Å². The fraction of sp³-hybridized carbons (Fsp3) is 0.944. The first-order valence-electron chi connectivity index (χ1n) is 9.53. The number of rotatable bonds is 8. The maximum atomic E-state index is 5.38. The van der Waals surface area contributed by atoms with Crippen LogP contribution in [0, 0.1) is 5.41 Å². The summed E-state index contributed by atoms with van der Waals surface area (Å²) in [6.07, 6.45) is 9.22. The van der Waals surface area contributed by atoms with Crippen molar-refractivity contribution in [2.75, 3.05) is 53.0 Å². The Bertz CT molecular complexity index is 347. The lowest BCUT2D eigenvalue weighted by atomic mass is 9.83. The van der Waals surface area contributed by atoms with Crippen molar-refractivity contribution in [3.63, 3.8) is 0 Å². The molecule has 5 heteroatoms. The topological polar surface area (TPSA) is 48.9 Å². The van der Waals surface area contributed by atoms with Crippen molar-refractivity contribution in [1.82, 2.24) is 15.5 Å². The maximum absolute atomic E-state index is 5.38. The Morgan fingerprint density at radius 1 is 1.13 bits per heavy atom. The van der Waals surface area contributed by atoms with Gasteiger partial charge < -0.3 is 15.4 Å². The van der Waals surface area contributed by atoms with Gasteiger partial charge in [-0.25, -0.2) is 0 Å². The predicted octanol–water partition coefficient (Wildman–Crippen LogP) is 2.23. The summed E-state index contributed by atoms with van der Waals surface area (Å²) >= 11 is 0. The molecule has 0 aromatic rings. The average molecular weight is 325 g/mol. The van der Waals surface area contributed by atoms with Crippen molar-refractivity contribution in [2.45, 2.75) is 51.9 Å². The quantitative estimate of drug-likeness (QED) is 0.408. The third-order valence-corrected chi connectivity index (χ3v) is 5.57. The summed E-state index contributed by atoms with van der Waals surface area (Å²) in [7, 11) is 1.87. The number of nitrogens with one attached hydrogen (secondary N) is 2. The third-order valence-electron chi connectivity index (χ3n) is 5.57. The van der Waals surface area contributed by atoms with Crippen molar-refractivity contribution in [3.8, 4) is 0 Å². The molecule has 0 bridgehead atoms. The van der Waals surface area contributed by atoms with Crippen LogP contribution in [-0.2, 0) is 4.74 Å². The number of hydrogen-bond donors (Lipinski definition) is 2. The van der Waals surface area contributed by atoms with E-state index in [1.54, 1.807) is 0 Å². The van der Waals surface area contributed by atoms with Crippen LogP contribution in [0.4, 0.5) is 0 Å². The zero-order valence-corrected chi connectivity index (χ0v) is 15.2. The van der Waals surface area contributed by atoms with Crippen LogP contribution in [0.3, 0.4) is 0 Å². The van der Waals surface area contributed by atoms with Gasteiger partial charge >= 0.3 is 0 Å². The molecule has 0 radical (unpaired) electrons. The highest BCUT2D eigenvalue weighted by atomic mass is 16.5. The molecule has 1 aliphatic heterocycles. The van der Waals surface area contributed by atoms with Gasteiger partial charge in [0.2, 0.25) is 0 Å². The average Bonchev–Trinajstić information content (AvgIpc) is 3.08. The molecule has 0 unspecified atom stereocenters. The second-order valence-electron chi connectivity index (χ2n) is 7.07. The number of guanidine groups is 1. The van der Waals surface area contributed by atoms with E-state index >= 15 is 0 Å². The SMILES string of the molecule is CCC1(CNC(=NC)NCCCCN2CCOCC2)CCCC1. The Morgan fingerprint density at radius 2 is 1.87 bits per heavy atom. The lowest BCUT2D eigenvalue weighted by molar-refractivity contribution is 0.0372. The van der Waals surface area contributed by atoms with E-state index in [0.29, 0.717) is 5.41 Å². The zero-order valence-electron chi connectivity index (χ0n) is 15.2. The predicted molar refractivity (Wildman–Crippen MR) is 97.0 cm³/mol. The summed E-state index contributed by atoms with van der Waals surface area (Å²) in [6.45, 7) is 9.57. The van der Waals surface area contributed by atoms with E-state index < -0.39 is 0 Å². The molecule has 2 N–H and O–H groups in total. The molecule has 23 heavy (non-hydrogen) atoms. The van der Waals surface area contributed by atoms with Crippen LogP contribution in [0.15, 0.2) is 4.99 Å². The molecule has 0 aromatic carbocycles. The zero-order chi connectivity index (χ0) is 16.4. The maximum Gasteiger partial charge on any atom is 0.190 e. The van der Waals surface area contributed by atoms with E-state index in [-0.39, 0.29) is 0 Å². The first kappa shape index (κ1) is 18.5. The van der Waals surface area contributed by atoms with E-state index in [9.17, 15) is 0 Å². The minimum atomic E-state index is 0.508. The standard InChI is InChI=1S/C18H36N4O/c1-3-18(8-4-5-9-18)16-21-17(19-2)20-10-6-7-11-22-12-14-23-15-13-22/h3-16H2,1-2H3,(H2,19,20,21). The fourth-order valence-electron chi connectivity index (χ4n) is 3.76. The lowest BCUT2D eigenvalue weighted by Crippen LogP contribution is -2.43. The van der Waals surface area contributed by atoms with Crippen LogP contribution in [0.25, 0.3) is 0 Å². The summed E-state index contributed by atoms with van der Waals surface area (Å²) in [5.41, 5.74) is 0.508. The monoisotopic (exact) mass is 324 g/mol. The third kappa shape index (κ3) is 6.30. The van der Waals surface area contributed by atoms with Crippen LogP contribution in [0.5, 0.6) is 0 Å². The van der Waals surface area contributed by atoms with Gasteiger partial charge in [0.15, 0.2) is 5.96 Å². The highest BCUT2D eigenvalue weighted by molar-refractivity contribution is 5.79. The molecule has 1 heterocycles. The van der Waals surface area contributed by atoms with Gasteiger partial charge in [0.1, 0.15) is 0 Å². The molecule has 1 aliphatic carbocycles. The molecular weight excluding hydrogens is 288 g/mol. The van der Waals surface area contributed by atoms with Gasteiger partial charge in [-0.2, -0.15) is 0 Å². The molecule has 2 fully saturated rings. The van der Waals surface area contributed by atoms with Gasteiger partial charge in [-0.05, 0) is 44.1 Å². The van der Waals surface area contributed by atoms with Crippen molar-refractivity contribution in [2.24, 2.45) is 10.4 Å². The van der Waals surface area contributed by atoms with Crippen LogP contribution in [0.2, 0.25) is 0 Å². The fourth-order valence-corrected chi connectivity index (χ4v) is 3.76. The summed E-state index contributed by atoms with van der Waals surface area (Å²) < 4.78 is 5.38. The second-order valence-corrected chi connectivity index (χ2v) is 7.07. The summed E-state index contributed by atoms with van der Waals surface area (Å²) in [5.74, 6) is 0.969. The number of hydrogen-bond acceptors (Lipinski definition) is 3. The summed E-state index contributed by atoms with van der Waals surface area (Å²) in [6, 6.07) is 0. The number of morpholine rings is 1. The molecule has 2 rings (SSSR count). The highest BCUT2D eigenvalue weighted by Crippen LogP contribution is 2.40. The van der Waals surface area contributed by atoms with Crippen molar-refractivity contribution in [3.05, 3.63) is 0 Å². The molecular formula is C18H36N4O. The lowest BCUT2D eigenvalue weighted by Gasteiger charge is -2.28. The van der Waals surface area contributed by atoms with Gasteiger partial charge in [-0.15, -0.1) is 0 Å². The second kappa shape index (κ2) is 10.1. The highest BCUT2D eigenvalue weighted by Gasteiger charge is 2.31. The van der Waals surface area contributed by atoms with Crippen molar-refractivity contribution in [1.29, 1.82) is 0 Å². The molecule has 2 aliphatic rings. The van der Waals surface area contributed by atoms with Crippen molar-refractivity contribution < 1.29 is 4.74 Å². The molecule has 0 amide bonds. The van der Waals surface area contributed by atoms with E-state index in [0.717, 1.165) is 45.4 Å². The van der Waals surface area contributed by atoms with Crippen LogP contribution in [-0.4, -0.2) is 63.8 Å². The normalized spacial score (nSPS) is 22.3. The first-order valence-corrected chi connectivity index (χ1v) is 9.53. The van der Waals surface area contributed by atoms with Gasteiger partial charge in [0.05, 0.1) is 13.2 Å². The minimum absolute atomic E-state index is 0.508. The molecule has 0 atom stereocenters. The number of aliphatic imine (C=N–C) groups is 1. The Morgan fingerprint density at radius 3 is 2.52 bits per heavy atom. The molecule has 1 saturated carbocycles. The largest absolute Gasteiger partial charge is 0.379 e. The van der Waals surface area contributed by atoms with E-state index in [1.165, 1.54) is 51.5 Å². The number of nitrogens with zero attached hydrogens (tertiary/aromatic N) is 2. The molecule has 5 nitrogen and oxygen atoms in total. The van der Waals surface area contributed by atoms with Gasteiger partial charge in [-0.3, -0.25) is 9.89 Å². The van der Waals surface area contributed by atoms with E-state index in [1.807, 2.05) is 7.05 Å². The van der Waals surface area contributed by atoms with Crippen LogP contribution >= 0.6 is 0 Å². The van der Waals surface area contributed by atoms with E-state index in [2.05, 4.69) is 27.4 Å². The Hall–Kier alpha value is -0.810. The smallest absolute Gasteiger partial charge is 0.190 e. The van der Waals surface area contributed by atoms with Crippen LogP contribution < -0.4 is 10.6 Å².